The van der Waals surface area contributed by atoms with E-state index in [2.05, 4.69) is 9.97 Å². The first-order valence-electron chi connectivity index (χ1n) is 5.64. The fraction of sp³-hybridized carbons (Fsp3) is 0.167. The summed E-state index contributed by atoms with van der Waals surface area (Å²) in [6, 6.07) is 4.53. The van der Waals surface area contributed by atoms with Gasteiger partial charge in [0.1, 0.15) is 0 Å². The number of H-pyrrole nitrogens is 1. The molecule has 0 atom stereocenters. The minimum atomic E-state index is -3.58. The fourth-order valence-electron chi connectivity index (χ4n) is 1.74. The van der Waals surface area contributed by atoms with E-state index in [1.54, 1.807) is 0 Å². The summed E-state index contributed by atoms with van der Waals surface area (Å²) in [5, 5.41) is 0.597. The van der Waals surface area contributed by atoms with E-state index in [4.69, 9.17) is 34.8 Å². The van der Waals surface area contributed by atoms with Gasteiger partial charge in [-0.15, -0.1) is 0 Å². The van der Waals surface area contributed by atoms with Gasteiger partial charge in [0.25, 0.3) is 5.56 Å². The molecule has 0 amide bonds. The van der Waals surface area contributed by atoms with Gasteiger partial charge in [-0.3, -0.25) is 9.78 Å². The second-order valence-corrected chi connectivity index (χ2v) is 7.63. The van der Waals surface area contributed by atoms with E-state index in [0.29, 0.717) is 15.6 Å². The molecule has 0 aliphatic heterocycles. The van der Waals surface area contributed by atoms with Gasteiger partial charge in [-0.25, -0.2) is 13.4 Å². The Hall–Kier alpha value is -1.08. The second-order valence-electron chi connectivity index (χ2n) is 4.34. The van der Waals surface area contributed by atoms with Crippen LogP contribution in [0.5, 0.6) is 0 Å². The van der Waals surface area contributed by atoms with E-state index < -0.39 is 21.1 Å². The van der Waals surface area contributed by atoms with Gasteiger partial charge in [-0.05, 0) is 35.4 Å². The van der Waals surface area contributed by atoms with E-state index in [-0.39, 0.29) is 16.6 Å². The lowest BCUT2D eigenvalue weighted by atomic mass is 10.2. The second kappa shape index (κ2) is 6.36. The monoisotopic (exact) mass is 366 g/mol. The molecule has 1 heterocycles. The fourth-order valence-corrected chi connectivity index (χ4v) is 3.90. The van der Waals surface area contributed by atoms with Crippen molar-refractivity contribution in [3.63, 3.8) is 0 Å². The van der Waals surface area contributed by atoms with Gasteiger partial charge in [0.2, 0.25) is 5.28 Å². The predicted molar refractivity (Wildman–Crippen MR) is 82.7 cm³/mol. The van der Waals surface area contributed by atoms with Crippen LogP contribution in [-0.2, 0) is 21.3 Å². The zero-order valence-electron chi connectivity index (χ0n) is 10.4. The molecule has 0 aliphatic rings. The third-order valence-electron chi connectivity index (χ3n) is 2.53. The first-order valence-corrected chi connectivity index (χ1v) is 8.60. The van der Waals surface area contributed by atoms with Crippen LogP contribution in [0.2, 0.25) is 15.3 Å². The molecule has 0 saturated carbocycles. The summed E-state index contributed by atoms with van der Waals surface area (Å²) >= 11 is 17.2. The highest BCUT2D eigenvalue weighted by molar-refractivity contribution is 7.89. The molecule has 1 N–H and O–H groups in total. The number of hydrogen-bond donors (Lipinski definition) is 1. The Labute approximate surface area is 135 Å². The zero-order valence-corrected chi connectivity index (χ0v) is 13.5. The number of nitrogens with zero attached hydrogens (tertiary/aromatic N) is 1. The van der Waals surface area contributed by atoms with Crippen LogP contribution >= 0.6 is 34.8 Å². The van der Waals surface area contributed by atoms with Gasteiger partial charge < -0.3 is 0 Å². The number of hydrogen-bond acceptors (Lipinski definition) is 4. The summed E-state index contributed by atoms with van der Waals surface area (Å²) in [5.41, 5.74) is -0.110. The Balaban J connectivity index is 2.24. The smallest absolute Gasteiger partial charge is 0.256 e. The summed E-state index contributed by atoms with van der Waals surface area (Å²) in [4.78, 5) is 17.5. The SMILES string of the molecule is O=c1[nH]c(Cl)ncc1CS(=O)(=O)Cc1cc(Cl)cc(Cl)c1. The summed E-state index contributed by atoms with van der Waals surface area (Å²) < 4.78 is 24.3. The van der Waals surface area contributed by atoms with Crippen LogP contribution in [0.4, 0.5) is 0 Å². The quantitative estimate of drug-likeness (QED) is 0.843. The van der Waals surface area contributed by atoms with Crippen molar-refractivity contribution < 1.29 is 8.42 Å². The first kappa shape index (κ1) is 16.3. The van der Waals surface area contributed by atoms with Crippen LogP contribution in [0.1, 0.15) is 11.1 Å². The van der Waals surface area contributed by atoms with Gasteiger partial charge in [0, 0.05) is 16.2 Å². The average Bonchev–Trinajstić information content (AvgIpc) is 2.30. The number of rotatable bonds is 4. The van der Waals surface area contributed by atoms with Crippen LogP contribution in [0, 0.1) is 0 Å². The van der Waals surface area contributed by atoms with Gasteiger partial charge in [-0.2, -0.15) is 0 Å². The minimum absolute atomic E-state index is 0.0209. The van der Waals surface area contributed by atoms with Gasteiger partial charge in [0.15, 0.2) is 9.84 Å². The van der Waals surface area contributed by atoms with E-state index in [0.717, 1.165) is 6.20 Å². The molecule has 5 nitrogen and oxygen atoms in total. The topological polar surface area (TPSA) is 79.9 Å². The van der Waals surface area contributed by atoms with Crippen LogP contribution < -0.4 is 5.56 Å². The van der Waals surface area contributed by atoms with Crippen LogP contribution in [0.25, 0.3) is 0 Å². The van der Waals surface area contributed by atoms with Crippen molar-refractivity contribution in [2.45, 2.75) is 11.5 Å². The molecular weight excluding hydrogens is 359 g/mol. The lowest BCUT2D eigenvalue weighted by molar-refractivity contribution is 0.594. The highest BCUT2D eigenvalue weighted by atomic mass is 35.5. The Morgan fingerprint density at radius 1 is 1.05 bits per heavy atom. The summed E-state index contributed by atoms with van der Waals surface area (Å²) in [6.07, 6.45) is 1.14. The molecule has 112 valence electrons. The maximum Gasteiger partial charge on any atom is 0.256 e. The third-order valence-corrected chi connectivity index (χ3v) is 4.68. The highest BCUT2D eigenvalue weighted by Crippen LogP contribution is 2.21. The van der Waals surface area contributed by atoms with Gasteiger partial charge in [0.05, 0.1) is 17.1 Å². The van der Waals surface area contributed by atoms with E-state index in [1.165, 1.54) is 18.2 Å². The van der Waals surface area contributed by atoms with Gasteiger partial charge in [-0.1, -0.05) is 23.2 Å². The Morgan fingerprint density at radius 3 is 2.24 bits per heavy atom. The molecule has 21 heavy (non-hydrogen) atoms. The van der Waals surface area contributed by atoms with Crippen molar-refractivity contribution >= 4 is 44.6 Å². The Morgan fingerprint density at radius 2 is 1.67 bits per heavy atom. The van der Waals surface area contributed by atoms with Crippen molar-refractivity contribution in [2.24, 2.45) is 0 Å². The van der Waals surface area contributed by atoms with Crippen molar-refractivity contribution in [2.75, 3.05) is 0 Å². The largest absolute Gasteiger partial charge is 0.297 e. The van der Waals surface area contributed by atoms with Crippen molar-refractivity contribution in [3.05, 3.63) is 61.2 Å². The summed E-state index contributed by atoms with van der Waals surface area (Å²) in [7, 11) is -3.58. The maximum atomic E-state index is 12.1. The van der Waals surface area contributed by atoms with Gasteiger partial charge >= 0.3 is 0 Å². The number of sulfone groups is 1. The normalized spacial score (nSPS) is 11.6. The van der Waals surface area contributed by atoms with Crippen molar-refractivity contribution in [1.82, 2.24) is 9.97 Å². The molecule has 0 fully saturated rings. The number of benzene rings is 1. The molecule has 1 aromatic carbocycles. The zero-order chi connectivity index (χ0) is 15.6. The van der Waals surface area contributed by atoms with E-state index in [1.807, 2.05) is 0 Å². The Bertz CT molecular complexity index is 814. The van der Waals surface area contributed by atoms with Crippen LogP contribution in [-0.4, -0.2) is 18.4 Å². The molecule has 0 unspecified atom stereocenters. The molecule has 2 aromatic rings. The summed E-state index contributed by atoms with van der Waals surface area (Å²) in [6.45, 7) is 0. The molecular formula is C12H9Cl3N2O3S. The van der Waals surface area contributed by atoms with Crippen molar-refractivity contribution in [1.29, 1.82) is 0 Å². The predicted octanol–water partition coefficient (Wildman–Crippen LogP) is 2.85. The number of nitrogens with one attached hydrogen (secondary N) is 1. The molecule has 0 radical (unpaired) electrons. The molecule has 0 saturated heterocycles. The van der Waals surface area contributed by atoms with Crippen molar-refractivity contribution in [3.8, 4) is 0 Å². The van der Waals surface area contributed by atoms with E-state index >= 15 is 0 Å². The molecule has 0 bridgehead atoms. The van der Waals surface area contributed by atoms with Crippen LogP contribution in [0.3, 0.4) is 0 Å². The molecule has 2 rings (SSSR count). The number of aromatic nitrogens is 2. The number of aromatic amines is 1. The molecule has 0 aliphatic carbocycles. The van der Waals surface area contributed by atoms with Crippen LogP contribution in [0.15, 0.2) is 29.2 Å². The standard InChI is InChI=1S/C12H9Cl3N2O3S/c13-9-1-7(2-10(14)3-9)5-21(19,20)6-8-4-16-12(15)17-11(8)18/h1-4H,5-6H2,(H,16,17,18). The highest BCUT2D eigenvalue weighted by Gasteiger charge is 2.16. The number of halogens is 3. The average molecular weight is 368 g/mol. The third kappa shape index (κ3) is 4.71. The van der Waals surface area contributed by atoms with E-state index in [9.17, 15) is 13.2 Å². The Kier molecular flexibility index (Phi) is 4.93. The lowest BCUT2D eigenvalue weighted by Crippen LogP contribution is -2.18. The first-order chi connectivity index (χ1) is 9.75. The molecule has 1 aromatic heterocycles. The maximum absolute atomic E-state index is 12.1. The molecule has 9 heteroatoms. The lowest BCUT2D eigenvalue weighted by Gasteiger charge is -2.05. The molecule has 0 spiro atoms. The summed E-state index contributed by atoms with van der Waals surface area (Å²) in [5.74, 6) is -0.730. The minimum Gasteiger partial charge on any atom is -0.297 e.